The van der Waals surface area contributed by atoms with E-state index in [2.05, 4.69) is 56.0 Å². The number of hydrogen-bond acceptors (Lipinski definition) is 11. The van der Waals surface area contributed by atoms with Crippen LogP contribution in [0, 0.1) is 11.8 Å². The number of anilines is 1. The second-order valence-corrected chi connectivity index (χ2v) is 14.6. The maximum atomic E-state index is 13.8. The van der Waals surface area contributed by atoms with Gasteiger partial charge in [0.1, 0.15) is 18.5 Å². The van der Waals surface area contributed by atoms with E-state index in [1.807, 2.05) is 12.1 Å². The Morgan fingerprint density at radius 1 is 0.904 bits per heavy atom. The van der Waals surface area contributed by atoms with E-state index in [1.165, 1.54) is 0 Å². The molecule has 0 aliphatic carbocycles. The van der Waals surface area contributed by atoms with Crippen LogP contribution in [0.2, 0.25) is 0 Å². The number of benzene rings is 2. The van der Waals surface area contributed by atoms with E-state index in [9.17, 15) is 9.90 Å². The highest BCUT2D eigenvalue weighted by Gasteiger charge is 2.42. The molecule has 2 aliphatic rings. The first-order chi connectivity index (χ1) is 25.1. The number of likely N-dealkylation sites (tertiary alicyclic amines) is 1. The summed E-state index contributed by atoms with van der Waals surface area (Å²) in [6.45, 7) is 12.2. The number of rotatable bonds is 22. The molecular weight excluding hydrogens is 666 g/mol. The maximum absolute atomic E-state index is 13.8. The van der Waals surface area contributed by atoms with Gasteiger partial charge in [-0.1, -0.05) is 51.1 Å². The number of ether oxygens (including phenoxy) is 7. The molecule has 1 saturated heterocycles. The highest BCUT2D eigenvalue weighted by atomic mass is 16.5. The molecule has 0 unspecified atom stereocenters. The van der Waals surface area contributed by atoms with Crippen molar-refractivity contribution in [2.45, 2.75) is 77.1 Å². The third-order valence-corrected chi connectivity index (χ3v) is 9.53. The summed E-state index contributed by atoms with van der Waals surface area (Å²) in [6, 6.07) is 13.9. The molecule has 0 bridgehead atoms. The smallest absolute Gasteiger partial charge is 0.239 e. The zero-order valence-corrected chi connectivity index (χ0v) is 32.2. The minimum absolute atomic E-state index is 0.0527. The van der Waals surface area contributed by atoms with Gasteiger partial charge in [0.25, 0.3) is 0 Å². The number of aliphatic hydroxyl groups is 1. The molecule has 12 nitrogen and oxygen atoms in total. The fourth-order valence-corrected chi connectivity index (χ4v) is 7.01. The number of nitrogens with two attached hydrogens (primary N) is 1. The molecule has 0 spiro atoms. The van der Waals surface area contributed by atoms with E-state index in [0.717, 1.165) is 47.6 Å². The van der Waals surface area contributed by atoms with Crippen molar-refractivity contribution in [3.05, 3.63) is 59.2 Å². The van der Waals surface area contributed by atoms with Crippen LogP contribution in [-0.4, -0.2) is 127 Å². The summed E-state index contributed by atoms with van der Waals surface area (Å²) < 4.78 is 40.9. The third kappa shape index (κ3) is 12.7. The number of nitrogens with zero attached hydrogens (tertiary/aromatic N) is 2. The molecule has 0 saturated carbocycles. The van der Waals surface area contributed by atoms with Crippen LogP contribution in [0.3, 0.4) is 0 Å². The summed E-state index contributed by atoms with van der Waals surface area (Å²) >= 11 is 0. The maximum Gasteiger partial charge on any atom is 0.239 e. The number of aliphatic hydroxyl groups excluding tert-OH is 1. The van der Waals surface area contributed by atoms with Crippen LogP contribution in [0.4, 0.5) is 5.69 Å². The predicted octanol–water partition coefficient (Wildman–Crippen LogP) is 4.00. The largest absolute Gasteiger partial charge is 0.490 e. The van der Waals surface area contributed by atoms with E-state index in [1.54, 1.807) is 26.2 Å². The fourth-order valence-electron chi connectivity index (χ4n) is 7.01. The number of fused-ring (bicyclic) bond motifs is 1. The fraction of sp³-hybridized carbons (Fsp3) is 0.675. The van der Waals surface area contributed by atoms with Gasteiger partial charge in [-0.3, -0.25) is 4.79 Å². The summed E-state index contributed by atoms with van der Waals surface area (Å²) in [7, 11) is 4.96. The Hall–Kier alpha value is -2.81. The van der Waals surface area contributed by atoms with Crippen molar-refractivity contribution in [3.8, 4) is 5.75 Å². The molecule has 1 fully saturated rings. The molecule has 12 heteroatoms. The van der Waals surface area contributed by atoms with Crippen molar-refractivity contribution in [1.82, 2.24) is 4.90 Å². The SMILES string of the molecule is COCCCN1CCOc2ccc(CO[C@H]3CN(C(=O)[C@@H](N)CC(C)C)C[C@@H](OC[C@H](O)COC)[C@@H]3c3ccc(COC[C@@H](C)COC)cc3)cc21. The molecule has 3 N–H and O–H groups in total. The zero-order valence-electron chi connectivity index (χ0n) is 32.2. The first-order valence-electron chi connectivity index (χ1n) is 18.7. The van der Waals surface area contributed by atoms with Crippen LogP contribution in [0.15, 0.2) is 42.5 Å². The topological polar surface area (TPSA) is 134 Å². The molecule has 0 radical (unpaired) electrons. The Labute approximate surface area is 310 Å². The van der Waals surface area contributed by atoms with E-state index >= 15 is 0 Å². The van der Waals surface area contributed by atoms with Crippen molar-refractivity contribution in [2.24, 2.45) is 17.6 Å². The van der Waals surface area contributed by atoms with E-state index in [-0.39, 0.29) is 31.0 Å². The van der Waals surface area contributed by atoms with Gasteiger partial charge >= 0.3 is 0 Å². The molecule has 0 aromatic heterocycles. The van der Waals surface area contributed by atoms with Crippen molar-refractivity contribution >= 4 is 11.6 Å². The van der Waals surface area contributed by atoms with Crippen LogP contribution >= 0.6 is 0 Å². The minimum atomic E-state index is -0.816. The molecule has 1 amide bonds. The van der Waals surface area contributed by atoms with E-state index in [4.69, 9.17) is 38.9 Å². The lowest BCUT2D eigenvalue weighted by Gasteiger charge is -2.44. The molecule has 2 aromatic carbocycles. The molecule has 6 atom stereocenters. The third-order valence-electron chi connectivity index (χ3n) is 9.53. The second-order valence-electron chi connectivity index (χ2n) is 14.6. The first kappa shape index (κ1) is 41.9. The number of methoxy groups -OCH3 is 3. The number of carbonyl (C=O) groups excluding carboxylic acids is 1. The number of amides is 1. The van der Waals surface area contributed by atoms with Crippen LogP contribution in [0.5, 0.6) is 5.75 Å². The normalized spacial score (nSPS) is 20.8. The molecule has 2 heterocycles. The monoisotopic (exact) mass is 729 g/mol. The van der Waals surface area contributed by atoms with Gasteiger partial charge in [-0.15, -0.1) is 0 Å². The standard InChI is InChI=1S/C40H63N3O9/c1-28(2)18-34(41)40(45)43-20-37(51-25-31-10-13-36-35(19-31)42(15-17-50-36)14-7-16-46-4)39(38(21-43)52-27-33(44)26-48-6)32-11-8-30(9-12-32)24-49-23-29(3)22-47-5/h8-13,19,28-29,33-34,37-39,44H,7,14-18,20-27,41H2,1-6H3/t29-,33+,34-,37-,38+,39+/m0/s1. The zero-order chi connectivity index (χ0) is 37.5. The number of carbonyl (C=O) groups is 1. The minimum Gasteiger partial charge on any atom is -0.490 e. The highest BCUT2D eigenvalue weighted by molar-refractivity contribution is 5.82. The Balaban J connectivity index is 1.60. The van der Waals surface area contributed by atoms with Crippen molar-refractivity contribution < 1.29 is 43.1 Å². The lowest BCUT2D eigenvalue weighted by atomic mass is 9.83. The number of hydrogen-bond donors (Lipinski definition) is 2. The van der Waals surface area contributed by atoms with Crippen LogP contribution in [0.1, 0.15) is 56.2 Å². The van der Waals surface area contributed by atoms with Gasteiger partial charge in [-0.05, 0) is 47.6 Å². The van der Waals surface area contributed by atoms with Crippen molar-refractivity contribution in [2.75, 3.05) is 92.0 Å². The lowest BCUT2D eigenvalue weighted by molar-refractivity contribution is -0.150. The van der Waals surface area contributed by atoms with Crippen LogP contribution in [-0.2, 0) is 46.4 Å². The Kier molecular flexibility index (Phi) is 17.6. The van der Waals surface area contributed by atoms with Crippen molar-refractivity contribution in [1.29, 1.82) is 0 Å². The number of piperidine rings is 1. The Morgan fingerprint density at radius 2 is 1.62 bits per heavy atom. The van der Waals surface area contributed by atoms with Crippen LogP contribution < -0.4 is 15.4 Å². The Morgan fingerprint density at radius 3 is 2.31 bits per heavy atom. The van der Waals surface area contributed by atoms with E-state index < -0.39 is 24.4 Å². The molecular formula is C40H63N3O9. The molecule has 52 heavy (non-hydrogen) atoms. The summed E-state index contributed by atoms with van der Waals surface area (Å²) in [5.41, 5.74) is 10.6. The summed E-state index contributed by atoms with van der Waals surface area (Å²) in [6.07, 6.45) is -0.208. The molecule has 2 aliphatic heterocycles. The first-order valence-corrected chi connectivity index (χ1v) is 18.7. The average Bonchev–Trinajstić information content (AvgIpc) is 3.13. The lowest BCUT2D eigenvalue weighted by Crippen LogP contribution is -2.58. The van der Waals surface area contributed by atoms with Gasteiger partial charge in [0.15, 0.2) is 0 Å². The molecule has 4 rings (SSSR count). The van der Waals surface area contributed by atoms with Gasteiger partial charge in [0.2, 0.25) is 5.91 Å². The Bertz CT molecular complexity index is 1330. The van der Waals surface area contributed by atoms with Gasteiger partial charge in [-0.25, -0.2) is 0 Å². The molecule has 2 aromatic rings. The highest BCUT2D eigenvalue weighted by Crippen LogP contribution is 2.36. The van der Waals surface area contributed by atoms with Gasteiger partial charge in [0, 0.05) is 59.4 Å². The van der Waals surface area contributed by atoms with Crippen LogP contribution in [0.25, 0.3) is 0 Å². The summed E-state index contributed by atoms with van der Waals surface area (Å²) in [5.74, 6) is 1.08. The van der Waals surface area contributed by atoms with Gasteiger partial charge < -0.3 is 53.8 Å². The van der Waals surface area contributed by atoms with Gasteiger partial charge in [-0.2, -0.15) is 0 Å². The predicted molar refractivity (Wildman–Crippen MR) is 201 cm³/mol. The average molecular weight is 730 g/mol. The van der Waals surface area contributed by atoms with E-state index in [0.29, 0.717) is 65.1 Å². The quantitative estimate of drug-likeness (QED) is 0.171. The summed E-state index contributed by atoms with van der Waals surface area (Å²) in [5, 5.41) is 10.6. The van der Waals surface area contributed by atoms with Gasteiger partial charge in [0.05, 0.1) is 70.1 Å². The van der Waals surface area contributed by atoms with Crippen molar-refractivity contribution in [3.63, 3.8) is 0 Å². The second kappa shape index (κ2) is 21.8. The summed E-state index contributed by atoms with van der Waals surface area (Å²) in [4.78, 5) is 17.9. The molecule has 292 valence electrons.